The normalized spacial score (nSPS) is 21.8. The van der Waals surface area contributed by atoms with Gasteiger partial charge in [-0.2, -0.15) is 0 Å². The fourth-order valence-corrected chi connectivity index (χ4v) is 3.64. The third-order valence-electron chi connectivity index (χ3n) is 4.92. The van der Waals surface area contributed by atoms with Crippen LogP contribution in [0.25, 0.3) is 0 Å². The number of aromatic amines is 1. The number of hydrogen-bond acceptors (Lipinski definition) is 4. The van der Waals surface area contributed by atoms with Crippen molar-refractivity contribution < 1.29 is 5.11 Å². The molecular weight excluding hydrogens is 302 g/mol. The summed E-state index contributed by atoms with van der Waals surface area (Å²) in [5, 5.41) is 10.1. The first kappa shape index (κ1) is 16.9. The van der Waals surface area contributed by atoms with Crippen molar-refractivity contribution >= 4 is 0 Å². The summed E-state index contributed by atoms with van der Waals surface area (Å²) in [6.07, 6.45) is 2.75. The van der Waals surface area contributed by atoms with Crippen molar-refractivity contribution in [1.82, 2.24) is 14.9 Å². The molecule has 3 rings (SSSR count). The van der Waals surface area contributed by atoms with Crippen LogP contribution in [0.2, 0.25) is 0 Å². The Hall–Kier alpha value is -1.98. The molecule has 1 saturated heterocycles. The minimum absolute atomic E-state index is 0.0923. The first-order valence-electron chi connectivity index (χ1n) is 8.63. The van der Waals surface area contributed by atoms with E-state index >= 15 is 0 Å². The van der Waals surface area contributed by atoms with Crippen LogP contribution >= 0.6 is 0 Å². The van der Waals surface area contributed by atoms with Gasteiger partial charge in [-0.05, 0) is 31.4 Å². The van der Waals surface area contributed by atoms with Gasteiger partial charge in [0.15, 0.2) is 0 Å². The Labute approximate surface area is 142 Å². The summed E-state index contributed by atoms with van der Waals surface area (Å²) in [4.78, 5) is 21.4. The van der Waals surface area contributed by atoms with Crippen molar-refractivity contribution in [2.75, 3.05) is 19.7 Å². The quantitative estimate of drug-likeness (QED) is 0.879. The summed E-state index contributed by atoms with van der Waals surface area (Å²) in [5.74, 6) is 0.709. The van der Waals surface area contributed by atoms with E-state index in [0.29, 0.717) is 12.4 Å². The molecule has 0 bridgehead atoms. The van der Waals surface area contributed by atoms with E-state index in [2.05, 4.69) is 27.0 Å². The number of aryl methyl sites for hydroxylation is 1. The first-order chi connectivity index (χ1) is 11.6. The predicted molar refractivity (Wildman–Crippen MR) is 94.0 cm³/mol. The Bertz CT molecular complexity index is 729. The molecular formula is C19H25N3O2. The van der Waals surface area contributed by atoms with Gasteiger partial charge < -0.3 is 10.1 Å². The molecule has 1 unspecified atom stereocenters. The maximum atomic E-state index is 11.8. The van der Waals surface area contributed by atoms with Crippen LogP contribution in [0.5, 0.6) is 0 Å². The van der Waals surface area contributed by atoms with Gasteiger partial charge in [0.25, 0.3) is 5.56 Å². The molecule has 128 valence electrons. The van der Waals surface area contributed by atoms with Crippen LogP contribution in [0.4, 0.5) is 0 Å². The molecule has 5 heteroatoms. The minimum atomic E-state index is -0.234. The van der Waals surface area contributed by atoms with Crippen LogP contribution in [-0.2, 0) is 18.4 Å². The molecule has 0 amide bonds. The lowest BCUT2D eigenvalue weighted by molar-refractivity contribution is 0.0834. The molecule has 0 aliphatic carbocycles. The van der Waals surface area contributed by atoms with Crippen LogP contribution in [0, 0.1) is 0 Å². The summed E-state index contributed by atoms with van der Waals surface area (Å²) >= 11 is 0. The van der Waals surface area contributed by atoms with E-state index in [4.69, 9.17) is 0 Å². The fraction of sp³-hybridized carbons (Fsp3) is 0.474. The molecule has 1 atom stereocenters. The Kier molecular flexibility index (Phi) is 5.11. The average molecular weight is 327 g/mol. The average Bonchev–Trinajstić information content (AvgIpc) is 2.62. The van der Waals surface area contributed by atoms with E-state index in [1.807, 2.05) is 25.1 Å². The van der Waals surface area contributed by atoms with Crippen LogP contribution in [0.3, 0.4) is 0 Å². The van der Waals surface area contributed by atoms with Gasteiger partial charge in [0.1, 0.15) is 5.82 Å². The maximum absolute atomic E-state index is 11.8. The van der Waals surface area contributed by atoms with Crippen molar-refractivity contribution in [2.45, 2.75) is 38.1 Å². The lowest BCUT2D eigenvalue weighted by atomic mass is 9.75. The van der Waals surface area contributed by atoms with Gasteiger partial charge in [-0.25, -0.2) is 4.98 Å². The van der Waals surface area contributed by atoms with Gasteiger partial charge in [-0.3, -0.25) is 9.69 Å². The number of benzene rings is 1. The molecule has 0 radical (unpaired) electrons. The summed E-state index contributed by atoms with van der Waals surface area (Å²) in [6, 6.07) is 11.8. The van der Waals surface area contributed by atoms with Crippen molar-refractivity contribution in [2.24, 2.45) is 0 Å². The van der Waals surface area contributed by atoms with E-state index in [1.165, 1.54) is 5.56 Å². The van der Waals surface area contributed by atoms with Gasteiger partial charge in [0.2, 0.25) is 0 Å². The SMILES string of the molecule is CCc1cc(=O)[nH]c(CN2CCCC(CO)(c3ccccc3)C2)n1. The highest BCUT2D eigenvalue weighted by atomic mass is 16.3. The van der Waals surface area contributed by atoms with Gasteiger partial charge in [0.05, 0.1) is 13.2 Å². The van der Waals surface area contributed by atoms with Crippen LogP contribution in [0.1, 0.15) is 36.8 Å². The molecule has 1 aromatic heterocycles. The number of aliphatic hydroxyl groups excluding tert-OH is 1. The van der Waals surface area contributed by atoms with Gasteiger partial charge in [0, 0.05) is 23.7 Å². The number of aromatic nitrogens is 2. The monoisotopic (exact) mass is 327 g/mol. The summed E-state index contributed by atoms with van der Waals surface area (Å²) in [7, 11) is 0. The molecule has 2 heterocycles. The molecule has 2 N–H and O–H groups in total. The molecule has 0 saturated carbocycles. The highest BCUT2D eigenvalue weighted by Gasteiger charge is 2.36. The standard InChI is InChI=1S/C19H25N3O2/c1-2-16-11-18(24)21-17(20-16)12-22-10-6-9-19(13-22,14-23)15-7-4-3-5-8-15/h3-5,7-8,11,23H,2,6,9-10,12-14H2,1H3,(H,20,21,24). The minimum Gasteiger partial charge on any atom is -0.395 e. The van der Waals surface area contributed by atoms with Crippen molar-refractivity contribution in [1.29, 1.82) is 0 Å². The zero-order valence-corrected chi connectivity index (χ0v) is 14.2. The molecule has 1 aliphatic heterocycles. The van der Waals surface area contributed by atoms with Crippen LogP contribution < -0.4 is 5.56 Å². The second-order valence-corrected chi connectivity index (χ2v) is 6.66. The highest BCUT2D eigenvalue weighted by molar-refractivity contribution is 5.27. The van der Waals surface area contributed by atoms with Gasteiger partial charge >= 0.3 is 0 Å². The number of rotatable bonds is 5. The number of aliphatic hydroxyl groups is 1. The van der Waals surface area contributed by atoms with Gasteiger partial charge in [-0.1, -0.05) is 37.3 Å². The number of piperidine rings is 1. The third kappa shape index (κ3) is 3.57. The number of H-pyrrole nitrogens is 1. The molecule has 0 spiro atoms. The van der Waals surface area contributed by atoms with Crippen molar-refractivity contribution in [3.63, 3.8) is 0 Å². The first-order valence-corrected chi connectivity index (χ1v) is 8.63. The highest BCUT2D eigenvalue weighted by Crippen LogP contribution is 2.34. The summed E-state index contributed by atoms with van der Waals surface area (Å²) < 4.78 is 0. The largest absolute Gasteiger partial charge is 0.395 e. The third-order valence-corrected chi connectivity index (χ3v) is 4.92. The molecule has 1 fully saturated rings. The van der Waals surface area contributed by atoms with Crippen LogP contribution in [0.15, 0.2) is 41.2 Å². The van der Waals surface area contributed by atoms with Crippen molar-refractivity contribution in [3.8, 4) is 0 Å². The Morgan fingerprint density at radius 1 is 1.33 bits per heavy atom. The smallest absolute Gasteiger partial charge is 0.251 e. The molecule has 1 aromatic carbocycles. The second-order valence-electron chi connectivity index (χ2n) is 6.66. The van der Waals surface area contributed by atoms with Crippen molar-refractivity contribution in [3.05, 3.63) is 63.8 Å². The number of likely N-dealkylation sites (tertiary alicyclic amines) is 1. The van der Waals surface area contributed by atoms with Gasteiger partial charge in [-0.15, -0.1) is 0 Å². The van der Waals surface area contributed by atoms with E-state index < -0.39 is 0 Å². The summed E-state index contributed by atoms with van der Waals surface area (Å²) in [5.41, 5.74) is 1.68. The molecule has 24 heavy (non-hydrogen) atoms. The second kappa shape index (κ2) is 7.28. The Balaban J connectivity index is 1.80. The van der Waals surface area contributed by atoms with E-state index in [9.17, 15) is 9.90 Å². The summed E-state index contributed by atoms with van der Waals surface area (Å²) in [6.45, 7) is 4.46. The van der Waals surface area contributed by atoms with Crippen LogP contribution in [-0.4, -0.2) is 39.7 Å². The topological polar surface area (TPSA) is 69.2 Å². The Morgan fingerprint density at radius 3 is 2.83 bits per heavy atom. The molecule has 2 aromatic rings. The molecule has 1 aliphatic rings. The zero-order valence-electron chi connectivity index (χ0n) is 14.2. The predicted octanol–water partition coefficient (Wildman–Crippen LogP) is 1.86. The Morgan fingerprint density at radius 2 is 2.12 bits per heavy atom. The fourth-order valence-electron chi connectivity index (χ4n) is 3.64. The zero-order chi connectivity index (χ0) is 17.0. The lowest BCUT2D eigenvalue weighted by Crippen LogP contribution is -2.48. The maximum Gasteiger partial charge on any atom is 0.251 e. The number of nitrogens with one attached hydrogen (secondary N) is 1. The molecule has 5 nitrogen and oxygen atoms in total. The lowest BCUT2D eigenvalue weighted by Gasteiger charge is -2.42. The number of nitrogens with zero attached hydrogens (tertiary/aromatic N) is 2. The number of hydrogen-bond donors (Lipinski definition) is 2. The van der Waals surface area contributed by atoms with E-state index in [0.717, 1.165) is 38.0 Å². The van der Waals surface area contributed by atoms with E-state index in [1.54, 1.807) is 6.07 Å². The van der Waals surface area contributed by atoms with E-state index in [-0.39, 0.29) is 17.6 Å².